The maximum Gasteiger partial charge on any atom is 0.242 e. The van der Waals surface area contributed by atoms with Crippen molar-refractivity contribution >= 4 is 11.7 Å². The van der Waals surface area contributed by atoms with Gasteiger partial charge in [0.1, 0.15) is 11.9 Å². The molecular formula is C17H24N6O2. The van der Waals surface area contributed by atoms with Crippen LogP contribution >= 0.6 is 0 Å². The maximum absolute atomic E-state index is 12.5. The van der Waals surface area contributed by atoms with Crippen LogP contribution in [0.4, 0.5) is 5.82 Å². The summed E-state index contributed by atoms with van der Waals surface area (Å²) in [5.41, 5.74) is 1.86. The third-order valence-electron chi connectivity index (χ3n) is 4.22. The molecule has 0 aromatic carbocycles. The Morgan fingerprint density at radius 3 is 2.88 bits per heavy atom. The number of pyridine rings is 1. The summed E-state index contributed by atoms with van der Waals surface area (Å²) >= 11 is 0. The van der Waals surface area contributed by atoms with Crippen molar-refractivity contribution in [2.24, 2.45) is 7.05 Å². The summed E-state index contributed by atoms with van der Waals surface area (Å²) < 4.78 is 7.06. The van der Waals surface area contributed by atoms with Crippen LogP contribution in [-0.2, 0) is 23.1 Å². The molecule has 2 N–H and O–H groups in total. The Balaban J connectivity index is 1.61. The SMILES string of the molecule is CNC(C(=O)NCc1ccnc(N2CCOCC2)c1)c1cnn(C)c1. The van der Waals surface area contributed by atoms with Crippen molar-refractivity contribution < 1.29 is 9.53 Å². The van der Waals surface area contributed by atoms with Gasteiger partial charge >= 0.3 is 0 Å². The number of nitrogens with one attached hydrogen (secondary N) is 2. The van der Waals surface area contributed by atoms with Gasteiger partial charge in [0.15, 0.2) is 0 Å². The van der Waals surface area contributed by atoms with Crippen molar-refractivity contribution in [3.05, 3.63) is 41.9 Å². The second-order valence-corrected chi connectivity index (χ2v) is 6.01. The maximum atomic E-state index is 12.5. The number of hydrogen-bond donors (Lipinski definition) is 2. The average Bonchev–Trinajstić information content (AvgIpc) is 3.07. The van der Waals surface area contributed by atoms with Gasteiger partial charge in [0.25, 0.3) is 0 Å². The summed E-state index contributed by atoms with van der Waals surface area (Å²) in [5, 5.41) is 10.1. The Hall–Kier alpha value is -2.45. The molecule has 1 saturated heterocycles. The molecule has 2 aromatic rings. The molecule has 1 fully saturated rings. The second kappa shape index (κ2) is 8.09. The fraction of sp³-hybridized carbons (Fsp3) is 0.471. The van der Waals surface area contributed by atoms with Crippen LogP contribution < -0.4 is 15.5 Å². The highest BCUT2D eigenvalue weighted by Crippen LogP contribution is 2.15. The van der Waals surface area contributed by atoms with Gasteiger partial charge in [-0.2, -0.15) is 5.10 Å². The third-order valence-corrected chi connectivity index (χ3v) is 4.22. The van der Waals surface area contributed by atoms with Crippen LogP contribution in [0.5, 0.6) is 0 Å². The van der Waals surface area contributed by atoms with Crippen LogP contribution in [0.3, 0.4) is 0 Å². The molecule has 1 atom stereocenters. The Kier molecular flexibility index (Phi) is 5.62. The Labute approximate surface area is 147 Å². The van der Waals surface area contributed by atoms with E-state index >= 15 is 0 Å². The summed E-state index contributed by atoms with van der Waals surface area (Å²) in [5.74, 6) is 0.840. The average molecular weight is 344 g/mol. The molecule has 0 spiro atoms. The van der Waals surface area contributed by atoms with Gasteiger partial charge in [-0.3, -0.25) is 9.48 Å². The number of carbonyl (C=O) groups excluding carboxylic acids is 1. The number of anilines is 1. The minimum absolute atomic E-state index is 0.0831. The van der Waals surface area contributed by atoms with Crippen molar-refractivity contribution in [2.75, 3.05) is 38.3 Å². The van der Waals surface area contributed by atoms with E-state index in [0.717, 1.165) is 43.2 Å². The molecule has 3 heterocycles. The number of rotatable bonds is 6. The lowest BCUT2D eigenvalue weighted by Crippen LogP contribution is -2.37. The van der Waals surface area contributed by atoms with Crippen LogP contribution in [-0.4, -0.2) is 54.0 Å². The molecule has 1 aliphatic rings. The molecule has 3 rings (SSSR count). The second-order valence-electron chi connectivity index (χ2n) is 6.01. The number of carbonyl (C=O) groups is 1. The van der Waals surface area contributed by atoms with Crippen molar-refractivity contribution in [2.45, 2.75) is 12.6 Å². The normalized spacial score (nSPS) is 15.8. The predicted octanol–water partition coefficient (Wildman–Crippen LogP) is 0.229. The zero-order valence-electron chi connectivity index (χ0n) is 14.6. The highest BCUT2D eigenvalue weighted by Gasteiger charge is 2.20. The first kappa shape index (κ1) is 17.4. The van der Waals surface area contributed by atoms with E-state index < -0.39 is 6.04 Å². The van der Waals surface area contributed by atoms with E-state index in [1.165, 1.54) is 0 Å². The van der Waals surface area contributed by atoms with E-state index in [9.17, 15) is 4.79 Å². The zero-order valence-corrected chi connectivity index (χ0v) is 14.6. The fourth-order valence-electron chi connectivity index (χ4n) is 2.87. The van der Waals surface area contributed by atoms with Gasteiger partial charge in [-0.1, -0.05) is 0 Å². The lowest BCUT2D eigenvalue weighted by molar-refractivity contribution is -0.123. The lowest BCUT2D eigenvalue weighted by Gasteiger charge is -2.28. The van der Waals surface area contributed by atoms with Crippen molar-refractivity contribution in [1.29, 1.82) is 0 Å². The Bertz CT molecular complexity index is 711. The highest BCUT2D eigenvalue weighted by molar-refractivity contribution is 5.83. The number of likely N-dealkylation sites (N-methyl/N-ethyl adjacent to an activating group) is 1. The van der Waals surface area contributed by atoms with Crippen molar-refractivity contribution in [3.63, 3.8) is 0 Å². The molecule has 25 heavy (non-hydrogen) atoms. The van der Waals surface area contributed by atoms with Gasteiger partial charge in [0.05, 0.1) is 19.4 Å². The van der Waals surface area contributed by atoms with Crippen LogP contribution in [0.25, 0.3) is 0 Å². The molecule has 0 aliphatic carbocycles. The van der Waals surface area contributed by atoms with Crippen LogP contribution in [0.2, 0.25) is 0 Å². The highest BCUT2D eigenvalue weighted by atomic mass is 16.5. The van der Waals surface area contributed by atoms with Gasteiger partial charge in [-0.15, -0.1) is 0 Å². The number of aromatic nitrogens is 3. The number of ether oxygens (including phenoxy) is 1. The van der Waals surface area contributed by atoms with Crippen LogP contribution in [0.15, 0.2) is 30.7 Å². The number of morpholine rings is 1. The first-order chi connectivity index (χ1) is 12.2. The third kappa shape index (κ3) is 4.34. The molecule has 2 aromatic heterocycles. The minimum atomic E-state index is -0.422. The summed E-state index contributed by atoms with van der Waals surface area (Å²) in [6, 6.07) is 3.52. The van der Waals surface area contributed by atoms with Gasteiger partial charge in [0.2, 0.25) is 5.91 Å². The number of aryl methyl sites for hydroxylation is 1. The monoisotopic (exact) mass is 344 g/mol. The molecule has 0 saturated carbocycles. The number of nitrogens with zero attached hydrogens (tertiary/aromatic N) is 4. The number of hydrogen-bond acceptors (Lipinski definition) is 6. The fourth-order valence-corrected chi connectivity index (χ4v) is 2.87. The van der Waals surface area contributed by atoms with E-state index in [1.54, 1.807) is 24.1 Å². The van der Waals surface area contributed by atoms with Gasteiger partial charge in [-0.25, -0.2) is 4.98 Å². The Morgan fingerprint density at radius 2 is 2.20 bits per heavy atom. The first-order valence-electron chi connectivity index (χ1n) is 8.38. The van der Waals surface area contributed by atoms with Crippen LogP contribution in [0, 0.1) is 0 Å². The summed E-state index contributed by atoms with van der Waals surface area (Å²) in [6.45, 7) is 3.57. The summed E-state index contributed by atoms with van der Waals surface area (Å²) in [4.78, 5) is 19.1. The first-order valence-corrected chi connectivity index (χ1v) is 8.38. The molecular weight excluding hydrogens is 320 g/mol. The van der Waals surface area contributed by atoms with Gasteiger partial charge in [-0.05, 0) is 24.7 Å². The standard InChI is InChI=1S/C17H24N6O2/c1-18-16(14-11-21-22(2)12-14)17(24)20-10-13-3-4-19-15(9-13)23-5-7-25-8-6-23/h3-4,9,11-12,16,18H,5-8,10H2,1-2H3,(H,20,24). The smallest absolute Gasteiger partial charge is 0.242 e. The van der Waals surface area contributed by atoms with Crippen molar-refractivity contribution in [3.8, 4) is 0 Å². The minimum Gasteiger partial charge on any atom is -0.378 e. The van der Waals surface area contributed by atoms with E-state index in [2.05, 4.69) is 25.6 Å². The topological polar surface area (TPSA) is 84.3 Å². The number of amides is 1. The largest absolute Gasteiger partial charge is 0.378 e. The molecule has 8 nitrogen and oxygen atoms in total. The molecule has 134 valence electrons. The molecule has 8 heteroatoms. The summed E-state index contributed by atoms with van der Waals surface area (Å²) in [6.07, 6.45) is 5.32. The molecule has 1 aliphatic heterocycles. The summed E-state index contributed by atoms with van der Waals surface area (Å²) in [7, 11) is 3.60. The molecule has 0 radical (unpaired) electrons. The van der Waals surface area contributed by atoms with Crippen LogP contribution in [0.1, 0.15) is 17.2 Å². The molecule has 1 amide bonds. The molecule has 0 bridgehead atoms. The predicted molar refractivity (Wildman–Crippen MR) is 94.1 cm³/mol. The Morgan fingerprint density at radius 1 is 1.40 bits per heavy atom. The van der Waals surface area contributed by atoms with E-state index in [1.807, 2.05) is 25.4 Å². The molecule has 1 unspecified atom stereocenters. The quantitative estimate of drug-likeness (QED) is 0.780. The van der Waals surface area contributed by atoms with Gasteiger partial charge < -0.3 is 20.3 Å². The lowest BCUT2D eigenvalue weighted by atomic mass is 10.1. The van der Waals surface area contributed by atoms with E-state index in [0.29, 0.717) is 6.54 Å². The van der Waals surface area contributed by atoms with E-state index in [4.69, 9.17) is 4.74 Å². The van der Waals surface area contributed by atoms with Gasteiger partial charge in [0, 0.05) is 44.6 Å². The zero-order chi connectivity index (χ0) is 17.6. The van der Waals surface area contributed by atoms with E-state index in [-0.39, 0.29) is 5.91 Å². The van der Waals surface area contributed by atoms with Crippen molar-refractivity contribution in [1.82, 2.24) is 25.4 Å².